The number of carbonyl (C=O) groups excluding carboxylic acids is 1. The lowest BCUT2D eigenvalue weighted by Gasteiger charge is -2.24. The predicted molar refractivity (Wildman–Crippen MR) is 106 cm³/mol. The number of urea groups is 1. The van der Waals surface area contributed by atoms with Gasteiger partial charge in [-0.25, -0.2) is 14.2 Å². The topological polar surface area (TPSA) is 77.4 Å². The minimum absolute atomic E-state index is 0.179. The Labute approximate surface area is 167 Å². The number of para-hydroxylation sites is 1. The zero-order valence-electron chi connectivity index (χ0n) is 15.9. The van der Waals surface area contributed by atoms with Crippen LogP contribution in [0.15, 0.2) is 54.7 Å². The Morgan fingerprint density at radius 3 is 2.86 bits per heavy atom. The van der Waals surface area contributed by atoms with Crippen LogP contribution in [-0.2, 0) is 17.9 Å². The average molecular weight is 396 g/mol. The van der Waals surface area contributed by atoms with Crippen LogP contribution in [0.2, 0.25) is 0 Å². The van der Waals surface area contributed by atoms with Crippen molar-refractivity contribution in [1.82, 2.24) is 14.9 Å². The van der Waals surface area contributed by atoms with Gasteiger partial charge in [-0.2, -0.15) is 0 Å². The number of nitrogens with zero attached hydrogens (tertiary/aromatic N) is 2. The monoisotopic (exact) mass is 396 g/mol. The number of amides is 2. The van der Waals surface area contributed by atoms with Gasteiger partial charge in [-0.15, -0.1) is 0 Å². The lowest BCUT2D eigenvalue weighted by molar-refractivity contribution is 0.00466. The van der Waals surface area contributed by atoms with Gasteiger partial charge in [0.15, 0.2) is 0 Å². The number of ether oxygens (including phenoxy) is 2. The number of carbonyl (C=O) groups is 1. The third-order valence-electron chi connectivity index (χ3n) is 4.68. The van der Waals surface area contributed by atoms with E-state index < -0.39 is 0 Å². The van der Waals surface area contributed by atoms with Crippen LogP contribution in [0, 0.1) is 5.82 Å². The molecule has 1 aromatic heterocycles. The molecule has 2 aromatic carbocycles. The van der Waals surface area contributed by atoms with Crippen molar-refractivity contribution in [3.05, 3.63) is 66.4 Å². The van der Waals surface area contributed by atoms with Crippen molar-refractivity contribution in [2.75, 3.05) is 19.0 Å². The van der Waals surface area contributed by atoms with Gasteiger partial charge < -0.3 is 24.7 Å². The number of hydrogen-bond acceptors (Lipinski definition) is 4. The highest BCUT2D eigenvalue weighted by Gasteiger charge is 2.22. The van der Waals surface area contributed by atoms with Crippen molar-refractivity contribution in [3.63, 3.8) is 0 Å². The average Bonchev–Trinajstić information content (AvgIpc) is 3.17. The number of anilines is 1. The molecule has 0 saturated heterocycles. The van der Waals surface area contributed by atoms with Crippen molar-refractivity contribution in [1.29, 1.82) is 0 Å². The molecule has 1 aliphatic heterocycles. The molecule has 0 fully saturated rings. The van der Waals surface area contributed by atoms with E-state index in [1.54, 1.807) is 7.11 Å². The maximum Gasteiger partial charge on any atom is 0.319 e. The highest BCUT2D eigenvalue weighted by molar-refractivity contribution is 5.89. The molecule has 0 radical (unpaired) electrons. The molecule has 0 unspecified atom stereocenters. The Balaban J connectivity index is 1.36. The summed E-state index contributed by atoms with van der Waals surface area (Å²) in [6.07, 6.45) is 1.79. The molecular formula is C21H21FN4O3. The first-order chi connectivity index (χ1) is 14.1. The van der Waals surface area contributed by atoms with E-state index in [2.05, 4.69) is 15.6 Å². The minimum Gasteiger partial charge on any atom is -0.496 e. The second-order valence-electron chi connectivity index (χ2n) is 6.67. The van der Waals surface area contributed by atoms with Crippen LogP contribution >= 0.6 is 0 Å². The van der Waals surface area contributed by atoms with Crippen LogP contribution in [0.1, 0.15) is 5.82 Å². The summed E-state index contributed by atoms with van der Waals surface area (Å²) in [5, 5.41) is 5.44. The van der Waals surface area contributed by atoms with Gasteiger partial charge in [-0.05, 0) is 36.4 Å². The van der Waals surface area contributed by atoms with Crippen molar-refractivity contribution in [3.8, 4) is 17.0 Å². The second-order valence-corrected chi connectivity index (χ2v) is 6.67. The van der Waals surface area contributed by atoms with E-state index in [1.807, 2.05) is 35.0 Å². The number of halogens is 1. The predicted octanol–water partition coefficient (Wildman–Crippen LogP) is 3.42. The van der Waals surface area contributed by atoms with Crippen molar-refractivity contribution in [2.24, 2.45) is 0 Å². The van der Waals surface area contributed by atoms with E-state index >= 15 is 0 Å². The van der Waals surface area contributed by atoms with Gasteiger partial charge in [0.1, 0.15) is 24.0 Å². The summed E-state index contributed by atoms with van der Waals surface area (Å²) in [6.45, 7) is 1.28. The van der Waals surface area contributed by atoms with Gasteiger partial charge in [-0.3, -0.25) is 0 Å². The number of methoxy groups -OCH3 is 1. The van der Waals surface area contributed by atoms with Crippen LogP contribution < -0.4 is 15.4 Å². The lowest BCUT2D eigenvalue weighted by atomic mass is 10.1. The normalized spacial score (nSPS) is 15.4. The van der Waals surface area contributed by atoms with Crippen molar-refractivity contribution in [2.45, 2.75) is 19.3 Å². The highest BCUT2D eigenvalue weighted by Crippen LogP contribution is 2.30. The quantitative estimate of drug-likeness (QED) is 0.693. The molecule has 2 amide bonds. The molecule has 3 aromatic rings. The number of fused-ring (bicyclic) bond motifs is 1. The molecule has 2 N–H and O–H groups in total. The second kappa shape index (κ2) is 8.32. The molecule has 150 valence electrons. The molecular weight excluding hydrogens is 375 g/mol. The summed E-state index contributed by atoms with van der Waals surface area (Å²) in [5.41, 5.74) is 2.26. The maximum atomic E-state index is 12.9. The Morgan fingerprint density at radius 2 is 2.07 bits per heavy atom. The summed E-state index contributed by atoms with van der Waals surface area (Å²) in [5.74, 6) is 1.24. The molecule has 1 aliphatic rings. The first-order valence-corrected chi connectivity index (χ1v) is 9.24. The third kappa shape index (κ3) is 4.38. The smallest absolute Gasteiger partial charge is 0.319 e. The number of nitrogens with one attached hydrogen (secondary N) is 2. The number of aromatic nitrogens is 2. The summed E-state index contributed by atoms with van der Waals surface area (Å²) < 4.78 is 26.2. The van der Waals surface area contributed by atoms with Crippen LogP contribution in [-0.4, -0.2) is 35.3 Å². The SMILES string of the molecule is COc1ccccc1-c1cn2c(n1)CO[C@@H](CNC(=O)Nc1ccc(F)cc1)C2. The van der Waals surface area contributed by atoms with Gasteiger partial charge in [0.25, 0.3) is 0 Å². The Bertz CT molecular complexity index is 1000. The number of imidazole rings is 1. The lowest BCUT2D eigenvalue weighted by Crippen LogP contribution is -2.40. The molecule has 0 bridgehead atoms. The van der Waals surface area contributed by atoms with Crippen LogP contribution in [0.5, 0.6) is 5.75 Å². The zero-order valence-corrected chi connectivity index (χ0v) is 15.9. The molecule has 4 rings (SSSR count). The number of benzene rings is 2. The van der Waals surface area contributed by atoms with E-state index in [9.17, 15) is 9.18 Å². The fraction of sp³-hybridized carbons (Fsp3) is 0.238. The van der Waals surface area contributed by atoms with Crippen LogP contribution in [0.3, 0.4) is 0 Å². The molecule has 1 atom stereocenters. The van der Waals surface area contributed by atoms with E-state index in [4.69, 9.17) is 9.47 Å². The highest BCUT2D eigenvalue weighted by atomic mass is 19.1. The first-order valence-electron chi connectivity index (χ1n) is 9.24. The molecule has 8 heteroatoms. The summed E-state index contributed by atoms with van der Waals surface area (Å²) in [4.78, 5) is 16.7. The third-order valence-corrected chi connectivity index (χ3v) is 4.68. The largest absolute Gasteiger partial charge is 0.496 e. The molecule has 0 aliphatic carbocycles. The van der Waals surface area contributed by atoms with Gasteiger partial charge >= 0.3 is 6.03 Å². The van der Waals surface area contributed by atoms with Gasteiger partial charge in [0, 0.05) is 24.0 Å². The summed E-state index contributed by atoms with van der Waals surface area (Å²) >= 11 is 0. The Kier molecular flexibility index (Phi) is 5.44. The Hall–Kier alpha value is -3.39. The maximum absolute atomic E-state index is 12.9. The van der Waals surface area contributed by atoms with Crippen LogP contribution in [0.25, 0.3) is 11.3 Å². The minimum atomic E-state index is -0.369. The number of rotatable bonds is 5. The van der Waals surface area contributed by atoms with Gasteiger partial charge in [0.05, 0.1) is 25.5 Å². The Morgan fingerprint density at radius 1 is 1.28 bits per heavy atom. The number of hydrogen-bond donors (Lipinski definition) is 2. The molecule has 29 heavy (non-hydrogen) atoms. The van der Waals surface area contributed by atoms with E-state index in [1.165, 1.54) is 24.3 Å². The first kappa shape index (κ1) is 18.9. The zero-order chi connectivity index (χ0) is 20.2. The van der Waals surface area contributed by atoms with E-state index in [0.717, 1.165) is 22.8 Å². The fourth-order valence-electron chi connectivity index (χ4n) is 3.22. The summed E-state index contributed by atoms with van der Waals surface area (Å²) in [7, 11) is 1.64. The molecule has 0 spiro atoms. The summed E-state index contributed by atoms with van der Waals surface area (Å²) in [6, 6.07) is 12.9. The fourth-order valence-corrected chi connectivity index (χ4v) is 3.22. The molecule has 0 saturated carbocycles. The van der Waals surface area contributed by atoms with E-state index in [-0.39, 0.29) is 18.0 Å². The van der Waals surface area contributed by atoms with E-state index in [0.29, 0.717) is 25.4 Å². The standard InChI is InChI=1S/C21H21FN4O3/c1-28-19-5-3-2-4-17(19)18-12-26-11-16(29-13-20(26)25-18)10-23-21(27)24-15-8-6-14(22)7-9-15/h2-9,12,16H,10-11,13H2,1H3,(H2,23,24,27)/t16-/m0/s1. The van der Waals surface area contributed by atoms with Crippen LogP contribution in [0.4, 0.5) is 14.9 Å². The molecule has 7 nitrogen and oxygen atoms in total. The van der Waals surface area contributed by atoms with Crippen molar-refractivity contribution >= 4 is 11.7 Å². The van der Waals surface area contributed by atoms with Gasteiger partial charge in [-0.1, -0.05) is 12.1 Å². The van der Waals surface area contributed by atoms with Crippen molar-refractivity contribution < 1.29 is 18.7 Å². The van der Waals surface area contributed by atoms with Gasteiger partial charge in [0.2, 0.25) is 0 Å². The molecule has 2 heterocycles.